The summed E-state index contributed by atoms with van der Waals surface area (Å²) in [5.74, 6) is -0.720. The number of rotatable bonds is 3. The molecule has 20 heavy (non-hydrogen) atoms. The molecule has 0 aromatic heterocycles. The van der Waals surface area contributed by atoms with E-state index in [1.54, 1.807) is 0 Å². The standard InChI is InChI=1S/C16H21NO3/c18-15(19)8-9-17-10-11-20-16-13-6-2-1-4-12(13)5-3-7-14(16)17/h1-2,4,6,14,16H,3,5,7-11H2,(H,18,19)/t14-,16-/m1/s1. The van der Waals surface area contributed by atoms with Crippen LogP contribution in [0.3, 0.4) is 0 Å². The van der Waals surface area contributed by atoms with Gasteiger partial charge in [0.2, 0.25) is 0 Å². The highest BCUT2D eigenvalue weighted by molar-refractivity contribution is 5.66. The lowest BCUT2D eigenvalue weighted by atomic mass is 9.96. The molecule has 4 heteroatoms. The Balaban J connectivity index is 1.82. The van der Waals surface area contributed by atoms with Crippen molar-refractivity contribution in [3.8, 4) is 0 Å². The molecule has 0 radical (unpaired) electrons. The molecule has 1 aromatic carbocycles. The van der Waals surface area contributed by atoms with Gasteiger partial charge >= 0.3 is 5.97 Å². The molecule has 1 aliphatic carbocycles. The number of ether oxygens (including phenoxy) is 1. The minimum atomic E-state index is -0.720. The van der Waals surface area contributed by atoms with Gasteiger partial charge in [-0.2, -0.15) is 0 Å². The Morgan fingerprint density at radius 2 is 2.25 bits per heavy atom. The van der Waals surface area contributed by atoms with Crippen LogP contribution in [0.25, 0.3) is 0 Å². The topological polar surface area (TPSA) is 49.8 Å². The number of carbonyl (C=O) groups is 1. The Bertz CT molecular complexity index is 488. The molecular weight excluding hydrogens is 254 g/mol. The fraction of sp³-hybridized carbons (Fsp3) is 0.562. The van der Waals surface area contributed by atoms with E-state index in [2.05, 4.69) is 29.2 Å². The van der Waals surface area contributed by atoms with E-state index in [9.17, 15) is 4.79 Å². The lowest BCUT2D eigenvalue weighted by Crippen LogP contribution is -2.47. The fourth-order valence-corrected chi connectivity index (χ4v) is 3.45. The van der Waals surface area contributed by atoms with Crippen molar-refractivity contribution in [2.45, 2.75) is 37.8 Å². The third-order valence-electron chi connectivity index (χ3n) is 4.41. The fourth-order valence-electron chi connectivity index (χ4n) is 3.45. The van der Waals surface area contributed by atoms with Crippen molar-refractivity contribution in [1.82, 2.24) is 4.90 Å². The molecule has 1 fully saturated rings. The molecule has 2 atom stereocenters. The zero-order valence-corrected chi connectivity index (χ0v) is 11.6. The van der Waals surface area contributed by atoms with Crippen LogP contribution in [0.1, 0.15) is 36.5 Å². The van der Waals surface area contributed by atoms with Gasteiger partial charge in [0.25, 0.3) is 0 Å². The molecule has 4 nitrogen and oxygen atoms in total. The summed E-state index contributed by atoms with van der Waals surface area (Å²) in [6.45, 7) is 2.16. The van der Waals surface area contributed by atoms with Crippen LogP contribution in [0.4, 0.5) is 0 Å². The molecule has 3 rings (SSSR count). The number of nitrogens with zero attached hydrogens (tertiary/aromatic N) is 1. The van der Waals surface area contributed by atoms with Gasteiger partial charge in [0, 0.05) is 19.1 Å². The number of hydrogen-bond donors (Lipinski definition) is 1. The second-order valence-electron chi connectivity index (χ2n) is 5.63. The SMILES string of the molecule is O=C(O)CCN1CCO[C@@H]2c3ccccc3CCC[C@H]21. The summed E-state index contributed by atoms with van der Waals surface area (Å²) in [5.41, 5.74) is 2.69. The minimum absolute atomic E-state index is 0.108. The summed E-state index contributed by atoms with van der Waals surface area (Å²) in [5, 5.41) is 8.90. The highest BCUT2D eigenvalue weighted by Gasteiger charge is 2.35. The first-order valence-electron chi connectivity index (χ1n) is 7.41. The van der Waals surface area contributed by atoms with Crippen LogP contribution in [0.5, 0.6) is 0 Å². The Morgan fingerprint density at radius 1 is 1.40 bits per heavy atom. The van der Waals surface area contributed by atoms with E-state index in [4.69, 9.17) is 9.84 Å². The Morgan fingerprint density at radius 3 is 3.10 bits per heavy atom. The van der Waals surface area contributed by atoms with Gasteiger partial charge in [-0.3, -0.25) is 9.69 Å². The normalized spacial score (nSPS) is 26.4. The number of morpholine rings is 1. The molecule has 2 aliphatic rings. The van der Waals surface area contributed by atoms with Crippen molar-refractivity contribution < 1.29 is 14.6 Å². The van der Waals surface area contributed by atoms with Gasteiger partial charge in [0.05, 0.1) is 19.1 Å². The Kier molecular flexibility index (Phi) is 4.03. The lowest BCUT2D eigenvalue weighted by molar-refractivity contribution is -0.138. The lowest BCUT2D eigenvalue weighted by Gasteiger charge is -2.41. The van der Waals surface area contributed by atoms with Crippen LogP contribution in [-0.4, -0.2) is 41.7 Å². The maximum atomic E-state index is 10.8. The third kappa shape index (κ3) is 2.72. The second kappa shape index (κ2) is 5.94. The first kappa shape index (κ1) is 13.6. The van der Waals surface area contributed by atoms with Crippen LogP contribution < -0.4 is 0 Å². The maximum Gasteiger partial charge on any atom is 0.304 e. The summed E-state index contributed by atoms with van der Waals surface area (Å²) in [6, 6.07) is 8.84. The molecule has 1 saturated heterocycles. The molecule has 1 aromatic rings. The minimum Gasteiger partial charge on any atom is -0.481 e. The number of carboxylic acids is 1. The summed E-state index contributed by atoms with van der Waals surface area (Å²) >= 11 is 0. The van der Waals surface area contributed by atoms with Gasteiger partial charge in [-0.1, -0.05) is 24.3 Å². The van der Waals surface area contributed by atoms with Crippen LogP contribution in [0, 0.1) is 0 Å². The first-order valence-corrected chi connectivity index (χ1v) is 7.41. The summed E-state index contributed by atoms with van der Waals surface area (Å²) in [6.07, 6.45) is 3.64. The number of fused-ring (bicyclic) bond motifs is 3. The summed E-state index contributed by atoms with van der Waals surface area (Å²) in [4.78, 5) is 13.1. The molecule has 0 bridgehead atoms. The number of aliphatic carboxylic acids is 1. The predicted octanol–water partition coefficient (Wildman–Crippen LogP) is 2.24. The zero-order chi connectivity index (χ0) is 13.9. The number of benzene rings is 1. The van der Waals surface area contributed by atoms with E-state index in [0.717, 1.165) is 25.8 Å². The van der Waals surface area contributed by atoms with Gasteiger partial charge < -0.3 is 9.84 Å². The average molecular weight is 275 g/mol. The number of hydrogen-bond acceptors (Lipinski definition) is 3. The Labute approximate surface area is 119 Å². The molecule has 0 saturated carbocycles. The van der Waals surface area contributed by atoms with E-state index < -0.39 is 5.97 Å². The third-order valence-corrected chi connectivity index (χ3v) is 4.41. The monoisotopic (exact) mass is 275 g/mol. The second-order valence-corrected chi connectivity index (χ2v) is 5.63. The van der Waals surface area contributed by atoms with E-state index >= 15 is 0 Å². The number of carboxylic acid groups (broad SMARTS) is 1. The molecule has 0 spiro atoms. The van der Waals surface area contributed by atoms with Crippen molar-refractivity contribution in [3.05, 3.63) is 35.4 Å². The van der Waals surface area contributed by atoms with Gasteiger partial charge in [-0.15, -0.1) is 0 Å². The molecule has 0 amide bonds. The van der Waals surface area contributed by atoms with Crippen molar-refractivity contribution in [2.24, 2.45) is 0 Å². The van der Waals surface area contributed by atoms with E-state index in [-0.39, 0.29) is 12.5 Å². The van der Waals surface area contributed by atoms with Crippen molar-refractivity contribution in [2.75, 3.05) is 19.7 Å². The largest absolute Gasteiger partial charge is 0.481 e. The average Bonchev–Trinajstić information content (AvgIpc) is 2.65. The van der Waals surface area contributed by atoms with E-state index in [0.29, 0.717) is 19.2 Å². The highest BCUT2D eigenvalue weighted by atomic mass is 16.5. The predicted molar refractivity (Wildman–Crippen MR) is 75.7 cm³/mol. The molecular formula is C16H21NO3. The highest BCUT2D eigenvalue weighted by Crippen LogP contribution is 2.36. The molecule has 108 valence electrons. The van der Waals surface area contributed by atoms with Crippen LogP contribution in [-0.2, 0) is 16.0 Å². The van der Waals surface area contributed by atoms with Crippen molar-refractivity contribution in [1.29, 1.82) is 0 Å². The van der Waals surface area contributed by atoms with Gasteiger partial charge in [0.1, 0.15) is 0 Å². The number of aryl methyl sites for hydroxylation is 1. The van der Waals surface area contributed by atoms with Gasteiger partial charge in [0.15, 0.2) is 0 Å². The molecule has 1 heterocycles. The van der Waals surface area contributed by atoms with Gasteiger partial charge in [-0.05, 0) is 30.4 Å². The molecule has 1 N–H and O–H groups in total. The molecule has 1 aliphatic heterocycles. The van der Waals surface area contributed by atoms with E-state index in [1.165, 1.54) is 11.1 Å². The van der Waals surface area contributed by atoms with E-state index in [1.807, 2.05) is 0 Å². The van der Waals surface area contributed by atoms with Crippen LogP contribution in [0.2, 0.25) is 0 Å². The van der Waals surface area contributed by atoms with Crippen molar-refractivity contribution in [3.63, 3.8) is 0 Å². The smallest absolute Gasteiger partial charge is 0.304 e. The Hall–Kier alpha value is -1.39. The van der Waals surface area contributed by atoms with Crippen LogP contribution in [0.15, 0.2) is 24.3 Å². The molecule has 0 unspecified atom stereocenters. The summed E-state index contributed by atoms with van der Waals surface area (Å²) < 4.78 is 6.04. The first-order chi connectivity index (χ1) is 9.75. The van der Waals surface area contributed by atoms with Crippen molar-refractivity contribution >= 4 is 5.97 Å². The quantitative estimate of drug-likeness (QED) is 0.919. The maximum absolute atomic E-state index is 10.8. The van der Waals surface area contributed by atoms with Crippen LogP contribution >= 0.6 is 0 Å². The van der Waals surface area contributed by atoms with Gasteiger partial charge in [-0.25, -0.2) is 0 Å². The summed E-state index contributed by atoms with van der Waals surface area (Å²) in [7, 11) is 0. The zero-order valence-electron chi connectivity index (χ0n) is 11.6.